The van der Waals surface area contributed by atoms with Crippen molar-refractivity contribution in [2.45, 2.75) is 12.3 Å². The topological polar surface area (TPSA) is 125 Å². The lowest BCUT2D eigenvalue weighted by molar-refractivity contribution is -0.192. The Bertz CT molecular complexity index is 1210. The summed E-state index contributed by atoms with van der Waals surface area (Å²) in [5.41, 5.74) is 2.11. The van der Waals surface area contributed by atoms with Gasteiger partial charge >= 0.3 is 12.1 Å². The van der Waals surface area contributed by atoms with Crippen molar-refractivity contribution in [3.63, 3.8) is 0 Å². The van der Waals surface area contributed by atoms with Crippen molar-refractivity contribution < 1.29 is 37.4 Å². The van der Waals surface area contributed by atoms with Gasteiger partial charge in [-0.15, -0.1) is 0 Å². The summed E-state index contributed by atoms with van der Waals surface area (Å²) in [6.45, 7) is 2.37. The number of aromatic nitrogens is 2. The molecule has 2 fully saturated rings. The third kappa shape index (κ3) is 5.65. The zero-order valence-corrected chi connectivity index (χ0v) is 18.9. The number of rotatable bonds is 4. The van der Waals surface area contributed by atoms with Crippen LogP contribution < -0.4 is 5.32 Å². The number of hydrogen-bond donors (Lipinski definition) is 3. The van der Waals surface area contributed by atoms with Gasteiger partial charge in [-0.2, -0.15) is 13.2 Å². The third-order valence-corrected chi connectivity index (χ3v) is 6.18. The van der Waals surface area contributed by atoms with E-state index in [9.17, 15) is 22.8 Å². The van der Waals surface area contributed by atoms with Crippen LogP contribution in [0.2, 0.25) is 0 Å². The number of fused-ring (bicyclic) bond motifs is 2. The number of carboxylic acids is 1. The fourth-order valence-corrected chi connectivity index (χ4v) is 4.36. The molecule has 3 atom stereocenters. The van der Waals surface area contributed by atoms with Crippen molar-refractivity contribution in [2.75, 3.05) is 26.2 Å². The molecule has 2 aliphatic rings. The van der Waals surface area contributed by atoms with Crippen molar-refractivity contribution in [3.8, 4) is 0 Å². The number of hydrogen-bond acceptors (Lipinski definition) is 5. The van der Waals surface area contributed by atoms with Crippen molar-refractivity contribution in [3.05, 3.63) is 66.1 Å². The van der Waals surface area contributed by atoms with Gasteiger partial charge < -0.3 is 25.0 Å². The van der Waals surface area contributed by atoms with Gasteiger partial charge in [0.15, 0.2) is 0 Å². The summed E-state index contributed by atoms with van der Waals surface area (Å²) in [5, 5.41) is 11.1. The first kappa shape index (κ1) is 25.2. The molecule has 2 saturated heterocycles. The number of likely N-dealkylation sites (tertiary alicyclic amines) is 1. The zero-order chi connectivity index (χ0) is 25.9. The Morgan fingerprint density at radius 1 is 1.17 bits per heavy atom. The highest BCUT2D eigenvalue weighted by atomic mass is 19.4. The van der Waals surface area contributed by atoms with Gasteiger partial charge in [0.1, 0.15) is 5.69 Å². The van der Waals surface area contributed by atoms with Crippen molar-refractivity contribution in [2.24, 2.45) is 11.8 Å². The highest BCUT2D eigenvalue weighted by molar-refractivity contribution is 5.98. The minimum atomic E-state index is -5.08. The average Bonchev–Trinajstić information content (AvgIpc) is 3.57. The molecule has 9 nitrogen and oxygen atoms in total. The second-order valence-corrected chi connectivity index (χ2v) is 8.53. The first-order valence-corrected chi connectivity index (χ1v) is 11.1. The second-order valence-electron chi connectivity index (χ2n) is 8.53. The lowest BCUT2D eigenvalue weighted by atomic mass is 9.93. The van der Waals surface area contributed by atoms with E-state index in [1.54, 1.807) is 24.5 Å². The lowest BCUT2D eigenvalue weighted by Crippen LogP contribution is -2.35. The molecule has 0 saturated carbocycles. The molecule has 0 aliphatic carbocycles. The molecule has 0 spiro atoms. The maximum absolute atomic E-state index is 13.0. The molecular formula is C24H23F3N4O5. The normalized spacial score (nSPS) is 21.0. The van der Waals surface area contributed by atoms with Crippen LogP contribution in [0, 0.1) is 11.8 Å². The second kappa shape index (κ2) is 10.4. The van der Waals surface area contributed by atoms with Crippen LogP contribution in [0.4, 0.5) is 13.2 Å². The average molecular weight is 504 g/mol. The van der Waals surface area contributed by atoms with Gasteiger partial charge in [0, 0.05) is 54.8 Å². The lowest BCUT2D eigenvalue weighted by Gasteiger charge is -2.19. The van der Waals surface area contributed by atoms with E-state index < -0.39 is 12.1 Å². The van der Waals surface area contributed by atoms with Gasteiger partial charge in [-0.25, -0.2) is 4.79 Å². The Labute approximate surface area is 203 Å². The van der Waals surface area contributed by atoms with E-state index in [1.165, 1.54) is 0 Å². The Morgan fingerprint density at radius 2 is 1.92 bits per heavy atom. The van der Waals surface area contributed by atoms with Gasteiger partial charge in [-0.3, -0.25) is 14.6 Å². The summed E-state index contributed by atoms with van der Waals surface area (Å²) in [4.78, 5) is 43.2. The van der Waals surface area contributed by atoms with Gasteiger partial charge in [0.05, 0.1) is 18.3 Å². The van der Waals surface area contributed by atoms with Gasteiger partial charge in [0.25, 0.3) is 11.8 Å². The highest BCUT2D eigenvalue weighted by Crippen LogP contribution is 2.34. The predicted octanol–water partition coefficient (Wildman–Crippen LogP) is 2.71. The molecule has 36 heavy (non-hydrogen) atoms. The number of amides is 2. The van der Waals surface area contributed by atoms with Crippen LogP contribution in [0.15, 0.2) is 54.9 Å². The summed E-state index contributed by atoms with van der Waals surface area (Å²) in [6, 6.07) is 13.3. The minimum Gasteiger partial charge on any atom is -0.475 e. The van der Waals surface area contributed by atoms with E-state index in [0.717, 1.165) is 10.9 Å². The number of para-hydroxylation sites is 1. The van der Waals surface area contributed by atoms with E-state index in [4.69, 9.17) is 14.6 Å². The summed E-state index contributed by atoms with van der Waals surface area (Å²) in [5.74, 6) is -2.46. The minimum absolute atomic E-state index is 0.00246. The Kier molecular flexibility index (Phi) is 7.25. The molecule has 2 amide bonds. The molecule has 190 valence electrons. The number of pyridine rings is 1. The summed E-state index contributed by atoms with van der Waals surface area (Å²) in [6.07, 6.45) is -1.85. The van der Waals surface area contributed by atoms with Gasteiger partial charge in [0.2, 0.25) is 0 Å². The Hall–Kier alpha value is -3.93. The standard InChI is InChI=1S/C22H22N4O3.C2HF3O2/c27-21(15-5-3-7-23-9-15)24-10-16-13-29-20-12-26(11-17(16)20)22(28)19-8-14-4-1-2-6-18(14)25-19;3-2(4,5)1(6)7/h1-9,16-17,20,25H,10-13H2,(H,24,27);(H,6,7)/t16-,17-,20-;/m1./s1. The zero-order valence-electron chi connectivity index (χ0n) is 18.9. The van der Waals surface area contributed by atoms with Gasteiger partial charge in [-0.05, 0) is 24.3 Å². The molecule has 0 unspecified atom stereocenters. The smallest absolute Gasteiger partial charge is 0.475 e. The number of alkyl halides is 3. The van der Waals surface area contributed by atoms with Crippen molar-refractivity contribution >= 4 is 28.7 Å². The van der Waals surface area contributed by atoms with E-state index >= 15 is 0 Å². The summed E-state index contributed by atoms with van der Waals surface area (Å²) in [7, 11) is 0. The number of nitrogens with one attached hydrogen (secondary N) is 2. The largest absolute Gasteiger partial charge is 0.490 e. The number of carboxylic acid groups (broad SMARTS) is 1. The number of benzene rings is 1. The van der Waals surface area contributed by atoms with Crippen LogP contribution in [0.3, 0.4) is 0 Å². The molecule has 0 bridgehead atoms. The van der Waals surface area contributed by atoms with Crippen LogP contribution in [0.1, 0.15) is 20.8 Å². The fraction of sp³-hybridized carbons (Fsp3) is 0.333. The van der Waals surface area contributed by atoms with Crippen LogP contribution in [0.5, 0.6) is 0 Å². The van der Waals surface area contributed by atoms with Crippen LogP contribution in [-0.2, 0) is 9.53 Å². The van der Waals surface area contributed by atoms with E-state index in [2.05, 4.69) is 15.3 Å². The molecule has 2 aromatic heterocycles. The highest BCUT2D eigenvalue weighted by Gasteiger charge is 2.45. The van der Waals surface area contributed by atoms with Crippen molar-refractivity contribution in [1.29, 1.82) is 0 Å². The first-order chi connectivity index (χ1) is 17.1. The number of H-pyrrole nitrogens is 1. The van der Waals surface area contributed by atoms with Crippen molar-refractivity contribution in [1.82, 2.24) is 20.2 Å². The third-order valence-electron chi connectivity index (χ3n) is 6.18. The SMILES string of the molecule is O=C(NC[C@@H]1CO[C@@H]2CN(C(=O)c3cc4ccccc4[nH]3)C[C@H]12)c1cccnc1.O=C(O)C(F)(F)F. The number of nitrogens with zero attached hydrogens (tertiary/aromatic N) is 2. The van der Waals surface area contributed by atoms with E-state index in [0.29, 0.717) is 37.5 Å². The Balaban J connectivity index is 0.000000384. The molecule has 5 rings (SSSR count). The predicted molar refractivity (Wildman–Crippen MR) is 121 cm³/mol. The summed E-state index contributed by atoms with van der Waals surface area (Å²) >= 11 is 0. The van der Waals surface area contributed by atoms with Crippen LogP contribution >= 0.6 is 0 Å². The molecule has 0 radical (unpaired) electrons. The van der Waals surface area contributed by atoms with Gasteiger partial charge in [-0.1, -0.05) is 18.2 Å². The quantitative estimate of drug-likeness (QED) is 0.502. The number of carbonyl (C=O) groups is 3. The van der Waals surface area contributed by atoms with Crippen LogP contribution in [0.25, 0.3) is 10.9 Å². The molecule has 12 heteroatoms. The monoisotopic (exact) mass is 504 g/mol. The number of halogens is 3. The number of aromatic amines is 1. The molecule has 3 aromatic rings. The Morgan fingerprint density at radius 3 is 2.58 bits per heavy atom. The van der Waals surface area contributed by atoms with Crippen LogP contribution in [-0.4, -0.2) is 76.3 Å². The first-order valence-electron chi connectivity index (χ1n) is 11.1. The molecule has 3 N–H and O–H groups in total. The maximum atomic E-state index is 13.0. The molecule has 1 aromatic carbocycles. The number of ether oxygens (including phenoxy) is 1. The summed E-state index contributed by atoms with van der Waals surface area (Å²) < 4.78 is 37.7. The van der Waals surface area contributed by atoms with E-state index in [1.807, 2.05) is 35.2 Å². The number of aliphatic carboxylic acids is 1. The molecular weight excluding hydrogens is 481 g/mol. The molecule has 4 heterocycles. The molecule has 2 aliphatic heterocycles. The maximum Gasteiger partial charge on any atom is 0.490 e. The number of carbonyl (C=O) groups excluding carboxylic acids is 2. The van der Waals surface area contributed by atoms with E-state index in [-0.39, 0.29) is 29.8 Å². The fourth-order valence-electron chi connectivity index (χ4n) is 4.36.